The van der Waals surface area contributed by atoms with Crippen LogP contribution in [0.25, 0.3) is 11.0 Å². The molecule has 0 spiro atoms. The molecular formula is C24H17NO4. The highest BCUT2D eigenvalue weighted by Gasteiger charge is 2.42. The number of hydrogen-bond donors (Lipinski definition) is 1. The highest BCUT2D eigenvalue weighted by molar-refractivity contribution is 5.99. The van der Waals surface area contributed by atoms with Crippen molar-refractivity contribution >= 4 is 16.9 Å². The molecule has 1 aliphatic heterocycles. The van der Waals surface area contributed by atoms with Crippen molar-refractivity contribution < 1.29 is 14.3 Å². The molecule has 29 heavy (non-hydrogen) atoms. The summed E-state index contributed by atoms with van der Waals surface area (Å²) in [6, 6.07) is 22.5. The lowest BCUT2D eigenvalue weighted by Crippen LogP contribution is -2.29. The number of hydrogen-bond acceptors (Lipinski definition) is 4. The Hall–Kier alpha value is -3.86. The maximum atomic E-state index is 13.3. The Morgan fingerprint density at radius 1 is 0.897 bits per heavy atom. The second-order valence-electron chi connectivity index (χ2n) is 7.09. The van der Waals surface area contributed by atoms with E-state index < -0.39 is 6.04 Å². The monoisotopic (exact) mass is 383 g/mol. The molecular weight excluding hydrogens is 366 g/mol. The van der Waals surface area contributed by atoms with Gasteiger partial charge in [0.05, 0.1) is 17.0 Å². The molecule has 1 aromatic heterocycles. The maximum Gasteiger partial charge on any atom is 0.291 e. The first kappa shape index (κ1) is 17.3. The summed E-state index contributed by atoms with van der Waals surface area (Å²) < 4.78 is 5.89. The van der Waals surface area contributed by atoms with Crippen LogP contribution >= 0.6 is 0 Å². The molecule has 1 aliphatic rings. The first-order chi connectivity index (χ1) is 14.1. The Morgan fingerprint density at radius 2 is 1.66 bits per heavy atom. The van der Waals surface area contributed by atoms with Gasteiger partial charge in [0, 0.05) is 6.54 Å². The Kier molecular flexibility index (Phi) is 3.95. The number of aromatic hydroxyl groups is 1. The van der Waals surface area contributed by atoms with Crippen LogP contribution in [0.5, 0.6) is 5.75 Å². The summed E-state index contributed by atoms with van der Waals surface area (Å²) in [6.45, 7) is 0.319. The molecule has 1 amide bonds. The zero-order valence-electron chi connectivity index (χ0n) is 15.4. The third kappa shape index (κ3) is 2.79. The summed E-state index contributed by atoms with van der Waals surface area (Å²) in [6.07, 6.45) is 0. The number of amides is 1. The van der Waals surface area contributed by atoms with Gasteiger partial charge in [-0.05, 0) is 35.4 Å². The first-order valence-electron chi connectivity index (χ1n) is 9.33. The topological polar surface area (TPSA) is 70.8 Å². The fraction of sp³-hybridized carbons (Fsp3) is 0.0833. The number of fused-ring (bicyclic) bond motifs is 2. The van der Waals surface area contributed by atoms with E-state index in [1.165, 1.54) is 0 Å². The zero-order valence-corrected chi connectivity index (χ0v) is 15.4. The summed E-state index contributed by atoms with van der Waals surface area (Å²) in [7, 11) is 0. The Balaban J connectivity index is 1.74. The first-order valence-corrected chi connectivity index (χ1v) is 9.33. The number of phenolic OH excluding ortho intramolecular Hbond substituents is 1. The maximum absolute atomic E-state index is 13.3. The third-order valence-electron chi connectivity index (χ3n) is 5.25. The summed E-state index contributed by atoms with van der Waals surface area (Å²) in [5.74, 6) is -0.189. The minimum atomic E-state index is -0.634. The van der Waals surface area contributed by atoms with Gasteiger partial charge in [0.2, 0.25) is 5.76 Å². The van der Waals surface area contributed by atoms with Crippen LogP contribution in [-0.4, -0.2) is 15.9 Å². The van der Waals surface area contributed by atoms with E-state index >= 15 is 0 Å². The molecule has 5 nitrogen and oxygen atoms in total. The standard InChI is InChI=1S/C24H17NO4/c26-17-10-6-9-16(13-17)21-20-22(27)18-11-4-5-12-19(18)29-23(20)24(28)25(21)14-15-7-2-1-3-8-15/h1-13,21,26H,14H2/t21-/m0/s1. The quantitative estimate of drug-likeness (QED) is 0.574. The van der Waals surface area contributed by atoms with Crippen molar-refractivity contribution in [3.8, 4) is 5.75 Å². The number of rotatable bonds is 3. The molecule has 0 saturated carbocycles. The van der Waals surface area contributed by atoms with Crippen LogP contribution in [0.4, 0.5) is 0 Å². The van der Waals surface area contributed by atoms with E-state index in [0.29, 0.717) is 28.6 Å². The second-order valence-corrected chi connectivity index (χ2v) is 7.09. The van der Waals surface area contributed by atoms with Crippen LogP contribution in [0.2, 0.25) is 0 Å². The van der Waals surface area contributed by atoms with E-state index in [0.717, 1.165) is 5.56 Å². The number of carbonyl (C=O) groups is 1. The van der Waals surface area contributed by atoms with Crippen molar-refractivity contribution in [3.05, 3.63) is 112 Å². The predicted octanol–water partition coefficient (Wildman–Crippen LogP) is 4.24. The third-order valence-corrected chi connectivity index (χ3v) is 5.25. The van der Waals surface area contributed by atoms with E-state index in [2.05, 4.69) is 0 Å². The van der Waals surface area contributed by atoms with Crippen molar-refractivity contribution in [2.75, 3.05) is 0 Å². The minimum Gasteiger partial charge on any atom is -0.508 e. The highest BCUT2D eigenvalue weighted by atomic mass is 16.3. The van der Waals surface area contributed by atoms with Crippen LogP contribution in [0.15, 0.2) is 88.1 Å². The van der Waals surface area contributed by atoms with E-state index in [4.69, 9.17) is 4.42 Å². The second kappa shape index (κ2) is 6.63. The van der Waals surface area contributed by atoms with Crippen molar-refractivity contribution in [2.45, 2.75) is 12.6 Å². The van der Waals surface area contributed by atoms with E-state index in [1.807, 2.05) is 30.3 Å². The van der Waals surface area contributed by atoms with Crippen LogP contribution in [-0.2, 0) is 6.54 Å². The van der Waals surface area contributed by atoms with Gasteiger partial charge >= 0.3 is 0 Å². The number of para-hydroxylation sites is 1. The molecule has 0 radical (unpaired) electrons. The minimum absolute atomic E-state index is 0.0676. The molecule has 3 aromatic carbocycles. The zero-order chi connectivity index (χ0) is 20.0. The summed E-state index contributed by atoms with van der Waals surface area (Å²) >= 11 is 0. The molecule has 0 saturated heterocycles. The molecule has 0 unspecified atom stereocenters. The fourth-order valence-corrected chi connectivity index (χ4v) is 3.95. The molecule has 0 fully saturated rings. The van der Waals surface area contributed by atoms with Crippen molar-refractivity contribution in [2.24, 2.45) is 0 Å². The summed E-state index contributed by atoms with van der Waals surface area (Å²) in [5, 5.41) is 10.4. The molecule has 1 N–H and O–H groups in total. The van der Waals surface area contributed by atoms with Crippen molar-refractivity contribution in [1.82, 2.24) is 4.90 Å². The lowest BCUT2D eigenvalue weighted by molar-refractivity contribution is 0.0714. The summed E-state index contributed by atoms with van der Waals surface area (Å²) in [5.41, 5.74) is 2.08. The van der Waals surface area contributed by atoms with Crippen LogP contribution in [0.3, 0.4) is 0 Å². The average Bonchev–Trinajstić information content (AvgIpc) is 3.01. The largest absolute Gasteiger partial charge is 0.508 e. The molecule has 4 aromatic rings. The average molecular weight is 383 g/mol. The lowest BCUT2D eigenvalue weighted by atomic mass is 9.98. The molecule has 5 rings (SSSR count). The van der Waals surface area contributed by atoms with Gasteiger partial charge in [0.15, 0.2) is 5.43 Å². The van der Waals surface area contributed by atoms with Crippen LogP contribution < -0.4 is 5.43 Å². The highest BCUT2D eigenvalue weighted by Crippen LogP contribution is 2.39. The van der Waals surface area contributed by atoms with Gasteiger partial charge in [-0.3, -0.25) is 9.59 Å². The van der Waals surface area contributed by atoms with Crippen LogP contribution in [0.1, 0.15) is 33.3 Å². The normalized spacial score (nSPS) is 15.7. The number of phenols is 1. The number of benzene rings is 3. The molecule has 2 heterocycles. The van der Waals surface area contributed by atoms with Gasteiger partial charge in [0.25, 0.3) is 5.91 Å². The number of carbonyl (C=O) groups excluding carboxylic acids is 1. The van der Waals surface area contributed by atoms with Gasteiger partial charge in [0.1, 0.15) is 11.3 Å². The predicted molar refractivity (Wildman–Crippen MR) is 109 cm³/mol. The lowest BCUT2D eigenvalue weighted by Gasteiger charge is -2.25. The summed E-state index contributed by atoms with van der Waals surface area (Å²) in [4.78, 5) is 28.3. The number of nitrogens with zero attached hydrogens (tertiary/aromatic N) is 1. The van der Waals surface area contributed by atoms with Crippen molar-refractivity contribution in [1.29, 1.82) is 0 Å². The molecule has 5 heteroatoms. The van der Waals surface area contributed by atoms with E-state index in [-0.39, 0.29) is 22.8 Å². The van der Waals surface area contributed by atoms with E-state index in [1.54, 1.807) is 53.4 Å². The fourth-order valence-electron chi connectivity index (χ4n) is 3.95. The van der Waals surface area contributed by atoms with Crippen LogP contribution in [0, 0.1) is 0 Å². The van der Waals surface area contributed by atoms with E-state index in [9.17, 15) is 14.7 Å². The molecule has 142 valence electrons. The molecule has 0 aliphatic carbocycles. The SMILES string of the molecule is O=C1c2oc3ccccc3c(=O)c2[C@H](c2cccc(O)c2)N1Cc1ccccc1. The van der Waals surface area contributed by atoms with Gasteiger partial charge < -0.3 is 14.4 Å². The molecule has 1 atom stereocenters. The van der Waals surface area contributed by atoms with Gasteiger partial charge in [-0.1, -0.05) is 54.6 Å². The van der Waals surface area contributed by atoms with Gasteiger partial charge in [-0.2, -0.15) is 0 Å². The Morgan fingerprint density at radius 3 is 2.45 bits per heavy atom. The molecule has 0 bridgehead atoms. The van der Waals surface area contributed by atoms with Gasteiger partial charge in [-0.15, -0.1) is 0 Å². The Bertz CT molecular complexity index is 1290. The van der Waals surface area contributed by atoms with Gasteiger partial charge in [-0.25, -0.2) is 0 Å². The Labute approximate surface area is 166 Å². The smallest absolute Gasteiger partial charge is 0.291 e. The van der Waals surface area contributed by atoms with Crippen molar-refractivity contribution in [3.63, 3.8) is 0 Å².